The Balaban J connectivity index is 2.56. The summed E-state index contributed by atoms with van der Waals surface area (Å²) < 4.78 is 18.1. The van der Waals surface area contributed by atoms with Gasteiger partial charge in [-0.1, -0.05) is 72.0 Å². The van der Waals surface area contributed by atoms with Crippen LogP contribution in [0.2, 0.25) is 18.1 Å². The van der Waals surface area contributed by atoms with E-state index >= 15 is 0 Å². The summed E-state index contributed by atoms with van der Waals surface area (Å²) in [4.78, 5) is 12.2. The maximum Gasteiger partial charge on any atom is 0.330 e. The van der Waals surface area contributed by atoms with Gasteiger partial charge in [0.25, 0.3) is 0 Å². The summed E-state index contributed by atoms with van der Waals surface area (Å²) in [6.45, 7) is 20.9. The van der Waals surface area contributed by atoms with E-state index in [0.29, 0.717) is 19.6 Å². The van der Waals surface area contributed by atoms with E-state index in [1.54, 1.807) is 6.08 Å². The number of rotatable bonds is 12. The van der Waals surface area contributed by atoms with Crippen molar-refractivity contribution < 1.29 is 18.7 Å². The lowest BCUT2D eigenvalue weighted by Gasteiger charge is -2.43. The third-order valence-corrected chi connectivity index (χ3v) is 10.8. The molecule has 30 heavy (non-hydrogen) atoms. The van der Waals surface area contributed by atoms with E-state index in [1.165, 1.54) is 25.7 Å². The largest absolute Gasteiger partial charge is 0.463 e. The number of hydrogen-bond acceptors (Lipinski definition) is 4. The zero-order chi connectivity index (χ0) is 22.8. The first-order valence-electron chi connectivity index (χ1n) is 11.8. The molecule has 0 amide bonds. The van der Waals surface area contributed by atoms with Crippen LogP contribution in [0.5, 0.6) is 0 Å². The van der Waals surface area contributed by atoms with Gasteiger partial charge >= 0.3 is 5.97 Å². The highest BCUT2D eigenvalue weighted by atomic mass is 28.4. The summed E-state index contributed by atoms with van der Waals surface area (Å²) in [5.41, 5.74) is 2.07. The molecule has 0 aromatic heterocycles. The molecule has 1 aliphatic rings. The zero-order valence-electron chi connectivity index (χ0n) is 20.6. The summed E-state index contributed by atoms with van der Waals surface area (Å²) in [6.07, 6.45) is 10.00. The third kappa shape index (κ3) is 9.48. The molecule has 0 saturated carbocycles. The first kappa shape index (κ1) is 27.1. The summed E-state index contributed by atoms with van der Waals surface area (Å²) >= 11 is 0. The summed E-state index contributed by atoms with van der Waals surface area (Å²) in [7, 11) is -1.95. The van der Waals surface area contributed by atoms with E-state index in [2.05, 4.69) is 47.4 Å². The van der Waals surface area contributed by atoms with Gasteiger partial charge in [-0.3, -0.25) is 0 Å². The van der Waals surface area contributed by atoms with Gasteiger partial charge in [-0.05, 0) is 49.9 Å². The first-order chi connectivity index (χ1) is 14.0. The van der Waals surface area contributed by atoms with Gasteiger partial charge in [0.05, 0.1) is 25.4 Å². The summed E-state index contributed by atoms with van der Waals surface area (Å²) in [6, 6.07) is 0. The molecule has 4 nitrogen and oxygen atoms in total. The molecule has 0 N–H and O–H groups in total. The molecule has 0 unspecified atom stereocenters. The molecule has 0 radical (unpaired) electrons. The maximum atomic E-state index is 12.2. The molecule has 1 fully saturated rings. The van der Waals surface area contributed by atoms with Crippen molar-refractivity contribution in [2.75, 3.05) is 13.2 Å². The molecule has 1 heterocycles. The molecule has 1 aliphatic heterocycles. The normalized spacial score (nSPS) is 21.0. The molecule has 0 aromatic rings. The lowest BCUT2D eigenvalue weighted by Crippen LogP contribution is -2.49. The number of esters is 1. The predicted octanol–water partition coefficient (Wildman–Crippen LogP) is 6.96. The first-order valence-corrected chi connectivity index (χ1v) is 14.7. The Bertz CT molecular complexity index is 574. The van der Waals surface area contributed by atoms with Gasteiger partial charge in [0.15, 0.2) is 8.32 Å². The van der Waals surface area contributed by atoms with E-state index in [-0.39, 0.29) is 23.2 Å². The molecule has 1 rings (SSSR count). The van der Waals surface area contributed by atoms with Crippen molar-refractivity contribution in [2.24, 2.45) is 0 Å². The van der Waals surface area contributed by atoms with Crippen molar-refractivity contribution in [2.45, 2.75) is 116 Å². The molecule has 5 heteroatoms. The monoisotopic (exact) mass is 438 g/mol. The minimum Gasteiger partial charge on any atom is -0.463 e. The third-order valence-electron chi connectivity index (χ3n) is 6.35. The van der Waals surface area contributed by atoms with Crippen LogP contribution in [-0.2, 0) is 18.7 Å². The molecular formula is C25H46O4Si. The smallest absolute Gasteiger partial charge is 0.330 e. The second-order valence-corrected chi connectivity index (χ2v) is 15.0. The van der Waals surface area contributed by atoms with Crippen LogP contribution in [-0.4, -0.2) is 39.7 Å². The zero-order valence-corrected chi connectivity index (χ0v) is 21.6. The van der Waals surface area contributed by atoms with Crippen LogP contribution >= 0.6 is 0 Å². The van der Waals surface area contributed by atoms with Crippen LogP contribution in [0, 0.1) is 0 Å². The fourth-order valence-corrected chi connectivity index (χ4v) is 4.63. The van der Waals surface area contributed by atoms with Crippen LogP contribution in [0.15, 0.2) is 23.8 Å². The highest BCUT2D eigenvalue weighted by Crippen LogP contribution is 2.40. The second kappa shape index (κ2) is 12.8. The Hall–Kier alpha value is -0.913. The van der Waals surface area contributed by atoms with E-state index < -0.39 is 8.32 Å². The van der Waals surface area contributed by atoms with Crippen molar-refractivity contribution in [1.29, 1.82) is 0 Å². The van der Waals surface area contributed by atoms with Gasteiger partial charge in [0.1, 0.15) is 0 Å². The van der Waals surface area contributed by atoms with Gasteiger partial charge in [0.2, 0.25) is 0 Å². The molecule has 0 bridgehead atoms. The molecule has 1 saturated heterocycles. The van der Waals surface area contributed by atoms with E-state index in [1.807, 2.05) is 6.92 Å². The molecule has 0 spiro atoms. The Morgan fingerprint density at radius 1 is 1.20 bits per heavy atom. The van der Waals surface area contributed by atoms with E-state index in [0.717, 1.165) is 30.4 Å². The number of ether oxygens (including phenoxy) is 2. The van der Waals surface area contributed by atoms with E-state index in [4.69, 9.17) is 13.9 Å². The summed E-state index contributed by atoms with van der Waals surface area (Å²) in [5, 5.41) is 0.126. The molecule has 0 aliphatic carbocycles. The quantitative estimate of drug-likeness (QED) is 0.109. The molecule has 0 aromatic carbocycles. The number of hydrogen-bond donors (Lipinski definition) is 0. The van der Waals surface area contributed by atoms with Crippen molar-refractivity contribution >= 4 is 14.3 Å². The van der Waals surface area contributed by atoms with Crippen LogP contribution in [0.1, 0.15) is 86.0 Å². The van der Waals surface area contributed by atoms with Gasteiger partial charge < -0.3 is 13.9 Å². The lowest BCUT2D eigenvalue weighted by atomic mass is 9.95. The highest BCUT2D eigenvalue weighted by Gasteiger charge is 2.42. The lowest BCUT2D eigenvalue weighted by molar-refractivity contribution is -0.137. The van der Waals surface area contributed by atoms with Gasteiger partial charge in [-0.25, -0.2) is 4.79 Å². The van der Waals surface area contributed by atoms with Crippen molar-refractivity contribution in [3.63, 3.8) is 0 Å². The number of carbonyl (C=O) groups is 1. The van der Waals surface area contributed by atoms with Crippen molar-refractivity contribution in [3.8, 4) is 0 Å². The summed E-state index contributed by atoms with van der Waals surface area (Å²) in [5.74, 6) is -0.252. The highest BCUT2D eigenvalue weighted by molar-refractivity contribution is 6.74. The second-order valence-electron chi connectivity index (χ2n) is 10.2. The molecular weight excluding hydrogens is 392 g/mol. The minimum atomic E-state index is -1.95. The average Bonchev–Trinajstić information content (AvgIpc) is 2.62. The van der Waals surface area contributed by atoms with Crippen LogP contribution < -0.4 is 0 Å². The topological polar surface area (TPSA) is 44.8 Å². The number of carbonyl (C=O) groups excluding carboxylic acids is 1. The van der Waals surface area contributed by atoms with E-state index in [9.17, 15) is 4.79 Å². The Morgan fingerprint density at radius 3 is 2.47 bits per heavy atom. The SMILES string of the molecule is C=C1CCO[C@@H](C/C(C)=C/C(=O)OCCCCCCCC)[C@@H]1O[Si](C)(C)C(C)(C)C. The Kier molecular flexibility index (Phi) is 11.6. The van der Waals surface area contributed by atoms with Crippen LogP contribution in [0.25, 0.3) is 0 Å². The van der Waals surface area contributed by atoms with Crippen LogP contribution in [0.3, 0.4) is 0 Å². The standard InChI is InChI=1S/C25H46O4Si/c1-9-10-11-12-13-14-16-28-23(26)19-20(2)18-22-24(21(3)15-17-27-22)29-30(7,8)25(4,5)6/h19,22,24H,3,9-18H2,1-2,4-8H3/b20-19+/t22-,24+/m0/s1. The van der Waals surface area contributed by atoms with Crippen LogP contribution in [0.4, 0.5) is 0 Å². The van der Waals surface area contributed by atoms with Crippen molar-refractivity contribution in [1.82, 2.24) is 0 Å². The van der Waals surface area contributed by atoms with Gasteiger partial charge in [-0.2, -0.15) is 0 Å². The Labute approximate surface area is 186 Å². The predicted molar refractivity (Wildman–Crippen MR) is 128 cm³/mol. The maximum absolute atomic E-state index is 12.2. The number of unbranched alkanes of at least 4 members (excludes halogenated alkanes) is 5. The minimum absolute atomic E-state index is 0.0945. The van der Waals surface area contributed by atoms with Crippen molar-refractivity contribution in [3.05, 3.63) is 23.8 Å². The van der Waals surface area contributed by atoms with Gasteiger partial charge in [0, 0.05) is 6.08 Å². The Morgan fingerprint density at radius 2 is 1.83 bits per heavy atom. The van der Waals surface area contributed by atoms with Gasteiger partial charge in [-0.15, -0.1) is 0 Å². The molecule has 2 atom stereocenters. The fourth-order valence-electron chi connectivity index (χ4n) is 3.33. The fraction of sp³-hybridized carbons (Fsp3) is 0.800. The molecule has 174 valence electrons. The average molecular weight is 439 g/mol.